The third-order valence-corrected chi connectivity index (χ3v) is 7.86. The highest BCUT2D eigenvalue weighted by atomic mass is 19.1. The van der Waals surface area contributed by atoms with E-state index >= 15 is 0 Å². The van der Waals surface area contributed by atoms with Crippen LogP contribution in [-0.4, -0.2) is 53.1 Å². The van der Waals surface area contributed by atoms with Gasteiger partial charge in [0.25, 0.3) is 5.91 Å². The summed E-state index contributed by atoms with van der Waals surface area (Å²) in [6.07, 6.45) is 3.74. The lowest BCUT2D eigenvalue weighted by Gasteiger charge is -2.29. The number of hydrogen-bond donors (Lipinski definition) is 1. The van der Waals surface area contributed by atoms with Crippen molar-refractivity contribution in [2.24, 2.45) is 0 Å². The lowest BCUT2D eigenvalue weighted by atomic mass is 9.98. The predicted octanol–water partition coefficient (Wildman–Crippen LogP) is 5.86. The second-order valence-electron chi connectivity index (χ2n) is 10.8. The number of aromatic nitrogens is 3. The van der Waals surface area contributed by atoms with Crippen LogP contribution >= 0.6 is 0 Å². The van der Waals surface area contributed by atoms with Crippen molar-refractivity contribution in [2.75, 3.05) is 32.6 Å². The molecule has 1 amide bonds. The first-order chi connectivity index (χ1) is 22.0. The molecule has 1 N–H and O–H groups in total. The Morgan fingerprint density at radius 2 is 1.64 bits per heavy atom. The van der Waals surface area contributed by atoms with Gasteiger partial charge in [-0.25, -0.2) is 9.07 Å². The molecule has 0 bridgehead atoms. The van der Waals surface area contributed by atoms with Crippen molar-refractivity contribution in [3.8, 4) is 22.9 Å². The van der Waals surface area contributed by atoms with Crippen molar-refractivity contribution < 1.29 is 23.4 Å². The van der Waals surface area contributed by atoms with Crippen molar-refractivity contribution >= 4 is 11.6 Å². The van der Waals surface area contributed by atoms with E-state index in [1.165, 1.54) is 41.0 Å². The Labute approximate surface area is 261 Å². The molecule has 6 rings (SSSR count). The molecule has 0 atom stereocenters. The quantitative estimate of drug-likeness (QED) is 0.201. The second kappa shape index (κ2) is 13.6. The van der Waals surface area contributed by atoms with E-state index in [-0.39, 0.29) is 18.3 Å². The summed E-state index contributed by atoms with van der Waals surface area (Å²) in [6.45, 7) is 2.99. The molecule has 2 heterocycles. The number of halogens is 1. The van der Waals surface area contributed by atoms with Gasteiger partial charge < -0.3 is 19.5 Å². The summed E-state index contributed by atoms with van der Waals surface area (Å²) in [7, 11) is 3.34. The number of methoxy groups -OCH3 is 2. The largest absolute Gasteiger partial charge is 0.493 e. The third-order valence-electron chi connectivity index (χ3n) is 7.86. The summed E-state index contributed by atoms with van der Waals surface area (Å²) >= 11 is 0. The van der Waals surface area contributed by atoms with E-state index in [1.807, 2.05) is 18.3 Å². The van der Waals surface area contributed by atoms with E-state index in [2.05, 4.69) is 44.8 Å². The molecule has 1 aliphatic rings. The number of nitrogens with zero attached hydrogens (tertiary/aromatic N) is 4. The zero-order chi connectivity index (χ0) is 31.2. The summed E-state index contributed by atoms with van der Waals surface area (Å²) in [5.41, 5.74) is 6.22. The smallest absolute Gasteiger partial charge is 0.259 e. The molecule has 0 radical (unpaired) electrons. The van der Waals surface area contributed by atoms with Gasteiger partial charge in [0, 0.05) is 25.3 Å². The number of fused-ring (bicyclic) bond motifs is 1. The summed E-state index contributed by atoms with van der Waals surface area (Å²) in [5, 5.41) is 11.3. The van der Waals surface area contributed by atoms with Crippen molar-refractivity contribution in [3.05, 3.63) is 125 Å². The first-order valence-electron chi connectivity index (χ1n) is 14.7. The fourth-order valence-electron chi connectivity index (χ4n) is 5.39. The van der Waals surface area contributed by atoms with Crippen LogP contribution < -0.4 is 19.5 Å². The first-order valence-corrected chi connectivity index (χ1v) is 14.7. The maximum absolute atomic E-state index is 13.2. The van der Waals surface area contributed by atoms with Gasteiger partial charge in [0.15, 0.2) is 11.5 Å². The van der Waals surface area contributed by atoms with Crippen LogP contribution in [0.1, 0.15) is 32.7 Å². The van der Waals surface area contributed by atoms with E-state index in [9.17, 15) is 9.18 Å². The molecule has 1 aliphatic heterocycles. The molecule has 230 valence electrons. The Morgan fingerprint density at radius 1 is 0.911 bits per heavy atom. The maximum atomic E-state index is 13.2. The third kappa shape index (κ3) is 7.13. The average molecular weight is 608 g/mol. The number of carbonyl (C=O) groups is 1. The second-order valence-corrected chi connectivity index (χ2v) is 10.8. The van der Waals surface area contributed by atoms with Crippen molar-refractivity contribution in [1.29, 1.82) is 0 Å². The molecule has 0 spiro atoms. The molecular formula is C35H34FN5O4. The minimum absolute atomic E-state index is 0.135. The van der Waals surface area contributed by atoms with Crippen LogP contribution in [-0.2, 0) is 26.0 Å². The lowest BCUT2D eigenvalue weighted by Crippen LogP contribution is -2.32. The van der Waals surface area contributed by atoms with Crippen molar-refractivity contribution in [2.45, 2.75) is 26.0 Å². The number of amides is 1. The molecule has 4 aromatic carbocycles. The Kier molecular flexibility index (Phi) is 9.02. The normalized spacial score (nSPS) is 12.8. The zero-order valence-electron chi connectivity index (χ0n) is 25.2. The molecule has 0 aliphatic carbocycles. The van der Waals surface area contributed by atoms with E-state index in [4.69, 9.17) is 14.2 Å². The van der Waals surface area contributed by atoms with Crippen LogP contribution in [0.2, 0.25) is 0 Å². The van der Waals surface area contributed by atoms with Crippen LogP contribution in [0.15, 0.2) is 91.1 Å². The molecule has 0 saturated heterocycles. The standard InChI is InChI=1S/C35H34FN5O4/c1-43-33-19-25-16-18-40(21-26(25)20-34(33)44-2)17-15-24-7-13-30(14-8-24)41-22-29(38-39-41)23-45-32-6-4-3-5-31(32)35(42)37-28-11-9-27(36)10-12-28/h3-14,19-20,22H,15-18,21,23H2,1-2H3,(H,37,42). The van der Waals surface area contributed by atoms with E-state index in [0.717, 1.165) is 49.7 Å². The highest BCUT2D eigenvalue weighted by Crippen LogP contribution is 2.33. The first kappa shape index (κ1) is 29.8. The number of para-hydroxylation sites is 1. The summed E-state index contributed by atoms with van der Waals surface area (Å²) in [6, 6.07) is 25.0. The van der Waals surface area contributed by atoms with Crippen LogP contribution in [0.25, 0.3) is 5.69 Å². The van der Waals surface area contributed by atoms with Gasteiger partial charge in [-0.1, -0.05) is 29.5 Å². The molecule has 45 heavy (non-hydrogen) atoms. The van der Waals surface area contributed by atoms with Crippen molar-refractivity contribution in [1.82, 2.24) is 19.9 Å². The monoisotopic (exact) mass is 607 g/mol. The minimum atomic E-state index is -0.371. The lowest BCUT2D eigenvalue weighted by molar-refractivity contribution is 0.102. The number of rotatable bonds is 11. The van der Waals surface area contributed by atoms with E-state index in [0.29, 0.717) is 22.7 Å². The number of nitrogens with one attached hydrogen (secondary N) is 1. The zero-order valence-corrected chi connectivity index (χ0v) is 25.2. The molecule has 0 fully saturated rings. The van der Waals surface area contributed by atoms with Crippen LogP contribution in [0.3, 0.4) is 0 Å². The number of benzene rings is 4. The van der Waals surface area contributed by atoms with E-state index in [1.54, 1.807) is 43.2 Å². The topological polar surface area (TPSA) is 90.7 Å². The number of ether oxygens (including phenoxy) is 3. The van der Waals surface area contributed by atoms with Gasteiger partial charge in [0.1, 0.15) is 23.9 Å². The van der Waals surface area contributed by atoms with E-state index < -0.39 is 0 Å². The van der Waals surface area contributed by atoms with Crippen molar-refractivity contribution in [3.63, 3.8) is 0 Å². The Hall–Kier alpha value is -5.22. The van der Waals surface area contributed by atoms with Gasteiger partial charge in [-0.15, -0.1) is 5.10 Å². The SMILES string of the molecule is COc1cc2c(cc1OC)CN(CCc1ccc(-n3cc(COc4ccccc4C(=O)Nc4ccc(F)cc4)nn3)cc1)CC2. The van der Waals surface area contributed by atoms with Gasteiger partial charge in [0.05, 0.1) is 31.7 Å². The summed E-state index contributed by atoms with van der Waals surface area (Å²) in [5.74, 6) is 1.24. The Morgan fingerprint density at radius 3 is 2.40 bits per heavy atom. The van der Waals surface area contributed by atoms with Gasteiger partial charge in [-0.2, -0.15) is 0 Å². The molecule has 1 aromatic heterocycles. The highest BCUT2D eigenvalue weighted by Gasteiger charge is 2.19. The fraction of sp³-hybridized carbons (Fsp3) is 0.229. The molecule has 0 saturated carbocycles. The predicted molar refractivity (Wildman–Crippen MR) is 169 cm³/mol. The fourth-order valence-corrected chi connectivity index (χ4v) is 5.39. The molecule has 0 unspecified atom stereocenters. The molecule has 9 nitrogen and oxygen atoms in total. The number of carbonyl (C=O) groups excluding carboxylic acids is 1. The summed E-state index contributed by atoms with van der Waals surface area (Å²) < 4.78 is 31.8. The average Bonchev–Trinajstić information content (AvgIpc) is 3.56. The minimum Gasteiger partial charge on any atom is -0.493 e. The number of hydrogen-bond acceptors (Lipinski definition) is 7. The Bertz CT molecular complexity index is 1770. The summed E-state index contributed by atoms with van der Waals surface area (Å²) in [4.78, 5) is 15.3. The van der Waals surface area contributed by atoms with Gasteiger partial charge in [0.2, 0.25) is 0 Å². The van der Waals surface area contributed by atoms with Gasteiger partial charge >= 0.3 is 0 Å². The molecule has 10 heteroatoms. The molecule has 5 aromatic rings. The molecular weight excluding hydrogens is 573 g/mol. The Balaban J connectivity index is 1.02. The highest BCUT2D eigenvalue weighted by molar-refractivity contribution is 6.06. The van der Waals surface area contributed by atoms with Crippen LogP contribution in [0, 0.1) is 5.82 Å². The number of anilines is 1. The van der Waals surface area contributed by atoms with Crippen LogP contribution in [0.5, 0.6) is 17.2 Å². The maximum Gasteiger partial charge on any atom is 0.259 e. The van der Waals surface area contributed by atoms with Gasteiger partial charge in [-0.05, 0) is 90.2 Å². The van der Waals surface area contributed by atoms with Gasteiger partial charge in [-0.3, -0.25) is 9.69 Å². The van der Waals surface area contributed by atoms with Crippen LogP contribution in [0.4, 0.5) is 10.1 Å².